The van der Waals surface area contributed by atoms with E-state index in [4.69, 9.17) is 18.8 Å². The summed E-state index contributed by atoms with van der Waals surface area (Å²) in [5, 5.41) is 0. The number of aryl methyl sites for hydroxylation is 1. The van der Waals surface area contributed by atoms with Crippen molar-refractivity contribution in [2.75, 3.05) is 0 Å². The largest absolute Gasteiger partial charge is 0.495 e. The molecule has 2 aliphatic rings. The fourth-order valence-electron chi connectivity index (χ4n) is 3.20. The van der Waals surface area contributed by atoms with Gasteiger partial charge in [0.05, 0.1) is 22.4 Å². The molecule has 158 valence electrons. The molecule has 0 radical (unpaired) electrons. The maximum Gasteiger partial charge on any atom is 0.495 e. The topological polar surface area (TPSA) is 36.9 Å². The van der Waals surface area contributed by atoms with Crippen molar-refractivity contribution in [2.45, 2.75) is 111 Å². The number of ether oxygens (including phenoxy) is 2. The highest BCUT2D eigenvalue weighted by atomic mass is 16.7. The van der Waals surface area contributed by atoms with E-state index in [2.05, 4.69) is 80.5 Å². The number of hydrogen-bond donors (Lipinski definition) is 0. The zero-order valence-electron chi connectivity index (χ0n) is 19.7. The second-order valence-electron chi connectivity index (χ2n) is 9.49. The van der Waals surface area contributed by atoms with Crippen molar-refractivity contribution >= 4 is 12.6 Å². The van der Waals surface area contributed by atoms with Crippen LogP contribution in [0.1, 0.15) is 93.6 Å². The molecular weight excluding hydrogens is 351 g/mol. The Balaban J connectivity index is 0.00000136. The summed E-state index contributed by atoms with van der Waals surface area (Å²) in [6.45, 7) is 22.7. The summed E-state index contributed by atoms with van der Waals surface area (Å²) in [5.74, 6) is 0. The van der Waals surface area contributed by atoms with Crippen molar-refractivity contribution in [1.82, 2.24) is 0 Å². The highest BCUT2D eigenvalue weighted by Gasteiger charge is 2.54. The lowest BCUT2D eigenvalue weighted by molar-refractivity contribution is -0.0890. The van der Waals surface area contributed by atoms with Crippen LogP contribution in [-0.2, 0) is 25.2 Å². The van der Waals surface area contributed by atoms with Crippen LogP contribution < -0.4 is 5.46 Å². The molecule has 0 atom stereocenters. The molecule has 3 rings (SSSR count). The van der Waals surface area contributed by atoms with E-state index in [1.807, 2.05) is 13.8 Å². The van der Waals surface area contributed by atoms with Crippen LogP contribution in [0.5, 0.6) is 0 Å². The van der Waals surface area contributed by atoms with E-state index in [9.17, 15) is 0 Å². The molecule has 0 N–H and O–H groups in total. The lowest BCUT2D eigenvalue weighted by Crippen LogP contribution is -2.41. The molecule has 1 aromatic rings. The third-order valence-electron chi connectivity index (χ3n) is 6.57. The van der Waals surface area contributed by atoms with Gasteiger partial charge in [-0.2, -0.15) is 0 Å². The van der Waals surface area contributed by atoms with Gasteiger partial charge in [0, 0.05) is 5.56 Å². The molecule has 2 aliphatic heterocycles. The highest BCUT2D eigenvalue weighted by Crippen LogP contribution is 2.45. The molecule has 28 heavy (non-hydrogen) atoms. The molecule has 2 fully saturated rings. The van der Waals surface area contributed by atoms with Gasteiger partial charge in [-0.1, -0.05) is 39.0 Å². The smallest absolute Gasteiger partial charge is 0.399 e. The van der Waals surface area contributed by atoms with E-state index < -0.39 is 13.4 Å². The van der Waals surface area contributed by atoms with E-state index in [1.54, 1.807) is 0 Å². The number of rotatable bonds is 3. The lowest BCUT2D eigenvalue weighted by Gasteiger charge is -2.32. The van der Waals surface area contributed by atoms with E-state index in [-0.39, 0.29) is 22.4 Å². The standard InChI is InChI=1S/C21H33BO4.C2H6/c1-10-14-11-12-16(22-25-20(6,7)21(8,9)26-22)15(13-14)17-23-18(2,3)19(4,5)24-17;1-2/h11-13,17H,10H2,1-9H3;1-2H3. The summed E-state index contributed by atoms with van der Waals surface area (Å²) in [5.41, 5.74) is 1.71. The van der Waals surface area contributed by atoms with E-state index >= 15 is 0 Å². The zero-order chi connectivity index (χ0) is 21.5. The Bertz CT molecular complexity index is 662. The van der Waals surface area contributed by atoms with Crippen molar-refractivity contribution in [3.05, 3.63) is 29.3 Å². The normalized spacial score (nSPS) is 24.8. The number of hydrogen-bond acceptors (Lipinski definition) is 4. The van der Waals surface area contributed by atoms with Crippen molar-refractivity contribution in [1.29, 1.82) is 0 Å². The average molecular weight is 390 g/mol. The minimum Gasteiger partial charge on any atom is -0.399 e. The van der Waals surface area contributed by atoms with Gasteiger partial charge < -0.3 is 18.8 Å². The maximum absolute atomic E-state index is 6.32. The predicted molar refractivity (Wildman–Crippen MR) is 116 cm³/mol. The van der Waals surface area contributed by atoms with E-state index in [0.29, 0.717) is 0 Å². The molecule has 4 nitrogen and oxygen atoms in total. The summed E-state index contributed by atoms with van der Waals surface area (Å²) >= 11 is 0. The van der Waals surface area contributed by atoms with Crippen molar-refractivity contribution in [3.8, 4) is 0 Å². The van der Waals surface area contributed by atoms with Gasteiger partial charge in [0.1, 0.15) is 0 Å². The van der Waals surface area contributed by atoms with E-state index in [0.717, 1.165) is 17.4 Å². The minimum atomic E-state index is -0.431. The Morgan fingerprint density at radius 3 is 1.68 bits per heavy atom. The second-order valence-corrected chi connectivity index (χ2v) is 9.49. The first-order valence-electron chi connectivity index (χ1n) is 10.6. The molecule has 0 bridgehead atoms. The van der Waals surface area contributed by atoms with Gasteiger partial charge in [-0.25, -0.2) is 0 Å². The lowest BCUT2D eigenvalue weighted by atomic mass is 9.75. The first-order valence-corrected chi connectivity index (χ1v) is 10.6. The van der Waals surface area contributed by atoms with Gasteiger partial charge in [0.25, 0.3) is 0 Å². The molecule has 0 amide bonds. The van der Waals surface area contributed by atoms with Crippen molar-refractivity contribution in [3.63, 3.8) is 0 Å². The summed E-state index contributed by atoms with van der Waals surface area (Å²) in [6.07, 6.45) is 0.524. The molecule has 2 saturated heterocycles. The molecule has 0 saturated carbocycles. The van der Waals surface area contributed by atoms with Crippen molar-refractivity contribution in [2.24, 2.45) is 0 Å². The fraction of sp³-hybridized carbons (Fsp3) is 0.739. The second kappa shape index (κ2) is 7.75. The quantitative estimate of drug-likeness (QED) is 0.667. The van der Waals surface area contributed by atoms with Gasteiger partial charge in [-0.15, -0.1) is 0 Å². The first-order chi connectivity index (χ1) is 12.8. The summed E-state index contributed by atoms with van der Waals surface area (Å²) in [7, 11) is -0.431. The van der Waals surface area contributed by atoms with E-state index in [1.165, 1.54) is 5.56 Å². The Morgan fingerprint density at radius 2 is 1.25 bits per heavy atom. The third kappa shape index (κ3) is 4.05. The molecule has 1 aromatic carbocycles. The monoisotopic (exact) mass is 390 g/mol. The third-order valence-corrected chi connectivity index (χ3v) is 6.57. The van der Waals surface area contributed by atoms with Crippen molar-refractivity contribution < 1.29 is 18.8 Å². The van der Waals surface area contributed by atoms with Gasteiger partial charge in [-0.3, -0.25) is 0 Å². The van der Waals surface area contributed by atoms with Crippen LogP contribution in [0.15, 0.2) is 18.2 Å². The highest BCUT2D eigenvalue weighted by molar-refractivity contribution is 6.62. The molecule has 5 heteroatoms. The summed E-state index contributed by atoms with van der Waals surface area (Å²) < 4.78 is 25.2. The Hall–Kier alpha value is -0.875. The van der Waals surface area contributed by atoms with Gasteiger partial charge >= 0.3 is 7.12 Å². The van der Waals surface area contributed by atoms with Crippen LogP contribution in [-0.4, -0.2) is 29.5 Å². The van der Waals surface area contributed by atoms with Crippen LogP contribution in [0, 0.1) is 0 Å². The SMILES string of the molecule is CC.CCc1ccc(B2OC(C)(C)C(C)(C)O2)c(C2OC(C)(C)C(C)(C)O2)c1. The van der Waals surface area contributed by atoms with Crippen LogP contribution in [0.4, 0.5) is 0 Å². The summed E-state index contributed by atoms with van der Waals surface area (Å²) in [4.78, 5) is 0. The van der Waals surface area contributed by atoms with Crippen LogP contribution in [0.3, 0.4) is 0 Å². The molecule has 0 spiro atoms. The molecular formula is C23H39BO4. The molecule has 2 heterocycles. The first kappa shape index (κ1) is 23.4. The van der Waals surface area contributed by atoms with Crippen LogP contribution in [0.25, 0.3) is 0 Å². The molecule has 0 unspecified atom stereocenters. The molecule has 0 aliphatic carbocycles. The predicted octanol–water partition coefficient (Wildman–Crippen LogP) is 5.18. The van der Waals surface area contributed by atoms with Gasteiger partial charge in [0.15, 0.2) is 6.29 Å². The zero-order valence-corrected chi connectivity index (χ0v) is 19.7. The Kier molecular flexibility index (Phi) is 6.48. The fourth-order valence-corrected chi connectivity index (χ4v) is 3.20. The summed E-state index contributed by atoms with van der Waals surface area (Å²) in [6, 6.07) is 6.40. The Labute approximate surface area is 172 Å². The maximum atomic E-state index is 6.32. The van der Waals surface area contributed by atoms with Gasteiger partial charge in [-0.05, 0) is 72.8 Å². The number of benzene rings is 1. The van der Waals surface area contributed by atoms with Crippen LogP contribution >= 0.6 is 0 Å². The Morgan fingerprint density at radius 1 is 0.786 bits per heavy atom. The minimum absolute atomic E-state index is 0.381. The van der Waals surface area contributed by atoms with Gasteiger partial charge in [0.2, 0.25) is 0 Å². The molecule has 0 aromatic heterocycles. The van der Waals surface area contributed by atoms with Crippen LogP contribution in [0.2, 0.25) is 0 Å². The average Bonchev–Trinajstić information content (AvgIpc) is 2.95.